The SMILES string of the molecule is CCc1ccccc1N1C(=O)C(=Cc2ccc3c(c2)OCO3)SC1=S. The summed E-state index contributed by atoms with van der Waals surface area (Å²) in [7, 11) is 0. The topological polar surface area (TPSA) is 38.8 Å². The molecule has 1 saturated heterocycles. The summed E-state index contributed by atoms with van der Waals surface area (Å²) in [6.07, 6.45) is 2.68. The van der Waals surface area contributed by atoms with Gasteiger partial charge >= 0.3 is 0 Å². The minimum Gasteiger partial charge on any atom is -0.454 e. The van der Waals surface area contributed by atoms with E-state index in [-0.39, 0.29) is 12.7 Å². The van der Waals surface area contributed by atoms with E-state index in [2.05, 4.69) is 6.92 Å². The molecule has 4 rings (SSSR count). The summed E-state index contributed by atoms with van der Waals surface area (Å²) in [4.78, 5) is 15.1. The number of hydrogen-bond acceptors (Lipinski definition) is 5. The second-order valence-electron chi connectivity index (χ2n) is 5.61. The van der Waals surface area contributed by atoms with Crippen molar-refractivity contribution in [1.82, 2.24) is 0 Å². The van der Waals surface area contributed by atoms with Crippen LogP contribution >= 0.6 is 24.0 Å². The molecule has 25 heavy (non-hydrogen) atoms. The Morgan fingerprint density at radius 2 is 2.00 bits per heavy atom. The number of aryl methyl sites for hydroxylation is 1. The average molecular weight is 369 g/mol. The number of ether oxygens (including phenoxy) is 2. The first kappa shape index (κ1) is 16.2. The van der Waals surface area contributed by atoms with Gasteiger partial charge in [-0.15, -0.1) is 0 Å². The Bertz CT molecular complexity index is 907. The van der Waals surface area contributed by atoms with E-state index >= 15 is 0 Å². The van der Waals surface area contributed by atoms with Crippen molar-refractivity contribution in [1.29, 1.82) is 0 Å². The lowest BCUT2D eigenvalue weighted by Gasteiger charge is -2.18. The first-order valence-electron chi connectivity index (χ1n) is 7.93. The second kappa shape index (κ2) is 6.54. The minimum absolute atomic E-state index is 0.0893. The summed E-state index contributed by atoms with van der Waals surface area (Å²) in [6.45, 7) is 2.30. The molecule has 0 aliphatic carbocycles. The van der Waals surface area contributed by atoms with Gasteiger partial charge in [-0.25, -0.2) is 0 Å². The van der Waals surface area contributed by atoms with Gasteiger partial charge in [0.2, 0.25) is 6.79 Å². The molecule has 0 spiro atoms. The van der Waals surface area contributed by atoms with E-state index in [4.69, 9.17) is 21.7 Å². The Morgan fingerprint density at radius 1 is 1.20 bits per heavy atom. The van der Waals surface area contributed by atoms with Gasteiger partial charge in [0.15, 0.2) is 15.8 Å². The summed E-state index contributed by atoms with van der Waals surface area (Å²) in [6, 6.07) is 13.5. The van der Waals surface area contributed by atoms with E-state index < -0.39 is 0 Å². The number of thiocarbonyl (C=S) groups is 1. The van der Waals surface area contributed by atoms with Crippen LogP contribution in [0.25, 0.3) is 6.08 Å². The van der Waals surface area contributed by atoms with Crippen LogP contribution in [0, 0.1) is 0 Å². The van der Waals surface area contributed by atoms with Crippen LogP contribution in [0.2, 0.25) is 0 Å². The van der Waals surface area contributed by atoms with Crippen molar-refractivity contribution in [3.8, 4) is 11.5 Å². The zero-order valence-corrected chi connectivity index (χ0v) is 15.2. The molecule has 2 aromatic rings. The van der Waals surface area contributed by atoms with E-state index in [1.165, 1.54) is 11.8 Å². The first-order chi connectivity index (χ1) is 12.2. The van der Waals surface area contributed by atoms with E-state index in [1.54, 1.807) is 4.90 Å². The highest BCUT2D eigenvalue weighted by Gasteiger charge is 2.34. The van der Waals surface area contributed by atoms with Crippen molar-refractivity contribution in [3.05, 3.63) is 58.5 Å². The molecular weight excluding hydrogens is 354 g/mol. The maximum absolute atomic E-state index is 12.9. The monoisotopic (exact) mass is 369 g/mol. The molecule has 2 aliphatic heterocycles. The molecule has 0 bridgehead atoms. The molecular formula is C19H15NO3S2. The zero-order chi connectivity index (χ0) is 17.4. The number of hydrogen-bond donors (Lipinski definition) is 0. The number of amides is 1. The van der Waals surface area contributed by atoms with Crippen LogP contribution in [0.1, 0.15) is 18.1 Å². The molecule has 2 aliphatic rings. The Hall–Kier alpha value is -2.31. The van der Waals surface area contributed by atoms with Gasteiger partial charge in [-0.3, -0.25) is 9.69 Å². The van der Waals surface area contributed by atoms with Crippen LogP contribution in [0.15, 0.2) is 47.4 Å². The fourth-order valence-corrected chi connectivity index (χ4v) is 4.14. The van der Waals surface area contributed by atoms with Gasteiger partial charge in [0.05, 0.1) is 10.6 Å². The third-order valence-corrected chi connectivity index (χ3v) is 5.40. The lowest BCUT2D eigenvalue weighted by molar-refractivity contribution is -0.113. The molecule has 2 aromatic carbocycles. The average Bonchev–Trinajstić information content (AvgIpc) is 3.19. The molecule has 4 nitrogen and oxygen atoms in total. The maximum atomic E-state index is 12.9. The number of fused-ring (bicyclic) bond motifs is 1. The summed E-state index contributed by atoms with van der Waals surface area (Å²) >= 11 is 6.78. The molecule has 6 heteroatoms. The van der Waals surface area contributed by atoms with Crippen molar-refractivity contribution in [3.63, 3.8) is 0 Å². The van der Waals surface area contributed by atoms with Gasteiger partial charge in [-0.05, 0) is 41.8 Å². The second-order valence-corrected chi connectivity index (χ2v) is 7.29. The fraction of sp³-hybridized carbons (Fsp3) is 0.158. The van der Waals surface area contributed by atoms with E-state index in [0.717, 1.165) is 29.0 Å². The highest BCUT2D eigenvalue weighted by atomic mass is 32.2. The number of benzene rings is 2. The number of carbonyl (C=O) groups is 1. The van der Waals surface area contributed by atoms with Crippen molar-refractivity contribution in [2.75, 3.05) is 11.7 Å². The van der Waals surface area contributed by atoms with Crippen molar-refractivity contribution in [2.24, 2.45) is 0 Å². The molecule has 1 fully saturated rings. The van der Waals surface area contributed by atoms with Gasteiger partial charge in [0.1, 0.15) is 0 Å². The highest BCUT2D eigenvalue weighted by molar-refractivity contribution is 8.27. The number of carbonyl (C=O) groups excluding carboxylic acids is 1. The summed E-state index contributed by atoms with van der Waals surface area (Å²) in [5, 5.41) is 0. The van der Waals surface area contributed by atoms with Gasteiger partial charge in [0.25, 0.3) is 5.91 Å². The zero-order valence-electron chi connectivity index (χ0n) is 13.5. The molecule has 1 amide bonds. The van der Waals surface area contributed by atoms with E-state index in [0.29, 0.717) is 15.0 Å². The van der Waals surface area contributed by atoms with E-state index in [1.807, 2.05) is 48.5 Å². The van der Waals surface area contributed by atoms with Crippen molar-refractivity contribution >= 4 is 46.0 Å². The van der Waals surface area contributed by atoms with Crippen LogP contribution in [-0.2, 0) is 11.2 Å². The standard InChI is InChI=1S/C19H15NO3S2/c1-2-13-5-3-4-6-14(13)20-18(21)17(25-19(20)24)10-12-7-8-15-16(9-12)23-11-22-15/h3-10H,2,11H2,1H3. The predicted octanol–water partition coefficient (Wildman–Crippen LogP) is 4.38. The predicted molar refractivity (Wildman–Crippen MR) is 104 cm³/mol. The third-order valence-electron chi connectivity index (χ3n) is 4.10. The summed E-state index contributed by atoms with van der Waals surface area (Å²) in [5.41, 5.74) is 2.85. The molecule has 0 radical (unpaired) electrons. The van der Waals surface area contributed by atoms with Crippen LogP contribution in [0.3, 0.4) is 0 Å². The van der Waals surface area contributed by atoms with Gasteiger partial charge < -0.3 is 9.47 Å². The minimum atomic E-state index is -0.0893. The smallest absolute Gasteiger partial charge is 0.270 e. The van der Waals surface area contributed by atoms with Gasteiger partial charge in [-0.1, -0.05) is 55.2 Å². The molecule has 0 saturated carbocycles. The van der Waals surface area contributed by atoms with Crippen LogP contribution in [0.5, 0.6) is 11.5 Å². The molecule has 0 aromatic heterocycles. The normalized spacial score (nSPS) is 17.6. The molecule has 2 heterocycles. The van der Waals surface area contributed by atoms with Crippen molar-refractivity contribution < 1.29 is 14.3 Å². The number of thioether (sulfide) groups is 1. The lowest BCUT2D eigenvalue weighted by Crippen LogP contribution is -2.28. The first-order valence-corrected chi connectivity index (χ1v) is 9.15. The molecule has 126 valence electrons. The summed E-state index contributed by atoms with van der Waals surface area (Å²) in [5.74, 6) is 1.33. The lowest BCUT2D eigenvalue weighted by atomic mass is 10.1. The highest BCUT2D eigenvalue weighted by Crippen LogP contribution is 2.39. The number of nitrogens with zero attached hydrogens (tertiary/aromatic N) is 1. The Kier molecular flexibility index (Phi) is 4.23. The molecule has 0 unspecified atom stereocenters. The number of rotatable bonds is 3. The summed E-state index contributed by atoms with van der Waals surface area (Å²) < 4.78 is 11.3. The fourth-order valence-electron chi connectivity index (χ4n) is 2.86. The largest absolute Gasteiger partial charge is 0.454 e. The Morgan fingerprint density at radius 3 is 2.84 bits per heavy atom. The Balaban J connectivity index is 1.67. The molecule has 0 atom stereocenters. The van der Waals surface area contributed by atoms with Crippen molar-refractivity contribution in [2.45, 2.75) is 13.3 Å². The van der Waals surface area contributed by atoms with Gasteiger partial charge in [-0.2, -0.15) is 0 Å². The van der Waals surface area contributed by atoms with Crippen LogP contribution in [0.4, 0.5) is 5.69 Å². The number of para-hydroxylation sites is 1. The van der Waals surface area contributed by atoms with E-state index in [9.17, 15) is 4.79 Å². The molecule has 0 N–H and O–H groups in total. The van der Waals surface area contributed by atoms with Crippen LogP contribution in [-0.4, -0.2) is 17.0 Å². The Labute approximate surface area is 155 Å². The number of anilines is 1. The van der Waals surface area contributed by atoms with Crippen LogP contribution < -0.4 is 14.4 Å². The quantitative estimate of drug-likeness (QED) is 0.593. The maximum Gasteiger partial charge on any atom is 0.270 e. The van der Waals surface area contributed by atoms with Gasteiger partial charge in [0, 0.05) is 0 Å². The third kappa shape index (κ3) is 2.92.